The molecule has 69 heavy (non-hydrogen) atoms. The van der Waals surface area contributed by atoms with Crippen LogP contribution < -0.4 is 0 Å². The van der Waals surface area contributed by atoms with Crippen LogP contribution in [0, 0.1) is 0 Å². The van der Waals surface area contributed by atoms with Crippen molar-refractivity contribution >= 4 is 17.9 Å². The van der Waals surface area contributed by atoms with Crippen molar-refractivity contribution in [1.82, 2.24) is 0 Å². The molecule has 0 aromatic rings. The van der Waals surface area contributed by atoms with Crippen LogP contribution in [0.1, 0.15) is 316 Å². The van der Waals surface area contributed by atoms with E-state index in [1.165, 1.54) is 186 Å². The fourth-order valence-corrected chi connectivity index (χ4v) is 8.85. The van der Waals surface area contributed by atoms with Crippen LogP contribution in [0.2, 0.25) is 0 Å². The van der Waals surface area contributed by atoms with E-state index in [9.17, 15) is 14.4 Å². The highest BCUT2D eigenvalue weighted by molar-refractivity contribution is 5.71. The Kier molecular flexibility index (Phi) is 55.7. The molecule has 0 rings (SSSR count). The van der Waals surface area contributed by atoms with Crippen LogP contribution in [0.15, 0.2) is 48.6 Å². The standard InChI is InChI=1S/C63H114O6/c1-4-7-10-13-15-17-19-21-23-24-25-26-27-28-29-30-31-32-33-34-35-36-37-38-40-41-43-45-47-50-53-56-62(65)68-59-60(58-67-61(64)55-52-49-12-9-6-3)69-63(66)57-54-51-48-46-44-42-39-22-20-18-16-14-11-8-5-2/h8,11,16,18,22,39,44,46,60H,4-7,9-10,12-15,17,19-21,23-38,40-43,45,47-59H2,1-3H3/b11-8-,18-16-,39-22-,46-44-. The molecule has 6 nitrogen and oxygen atoms in total. The van der Waals surface area contributed by atoms with Gasteiger partial charge in [0.25, 0.3) is 0 Å². The Balaban J connectivity index is 3.93. The van der Waals surface area contributed by atoms with Gasteiger partial charge in [0.05, 0.1) is 0 Å². The predicted molar refractivity (Wildman–Crippen MR) is 298 cm³/mol. The first-order valence-electron chi connectivity index (χ1n) is 30.1. The van der Waals surface area contributed by atoms with Crippen molar-refractivity contribution in [2.45, 2.75) is 322 Å². The Morgan fingerprint density at radius 3 is 0.884 bits per heavy atom. The van der Waals surface area contributed by atoms with Crippen molar-refractivity contribution < 1.29 is 28.6 Å². The highest BCUT2D eigenvalue weighted by atomic mass is 16.6. The second-order valence-electron chi connectivity index (χ2n) is 20.2. The number of carbonyl (C=O) groups is 3. The topological polar surface area (TPSA) is 78.9 Å². The molecule has 0 fully saturated rings. The molecular weight excluding hydrogens is 853 g/mol. The predicted octanol–water partition coefficient (Wildman–Crippen LogP) is 20.2. The van der Waals surface area contributed by atoms with Crippen molar-refractivity contribution in [3.8, 4) is 0 Å². The molecule has 6 heteroatoms. The van der Waals surface area contributed by atoms with Crippen LogP contribution in [0.3, 0.4) is 0 Å². The summed E-state index contributed by atoms with van der Waals surface area (Å²) in [7, 11) is 0. The molecule has 0 saturated carbocycles. The van der Waals surface area contributed by atoms with Gasteiger partial charge < -0.3 is 14.2 Å². The first-order valence-corrected chi connectivity index (χ1v) is 30.1. The van der Waals surface area contributed by atoms with E-state index in [1.807, 2.05) is 0 Å². The maximum Gasteiger partial charge on any atom is 0.306 e. The molecule has 0 spiro atoms. The lowest BCUT2D eigenvalue weighted by atomic mass is 10.0. The maximum absolute atomic E-state index is 12.7. The number of allylic oxidation sites excluding steroid dienone is 8. The van der Waals surface area contributed by atoms with Gasteiger partial charge in [-0.15, -0.1) is 0 Å². The molecular formula is C63H114O6. The van der Waals surface area contributed by atoms with Crippen molar-refractivity contribution in [3.63, 3.8) is 0 Å². The lowest BCUT2D eigenvalue weighted by molar-refractivity contribution is -0.167. The van der Waals surface area contributed by atoms with E-state index in [0.29, 0.717) is 19.3 Å². The van der Waals surface area contributed by atoms with Gasteiger partial charge in [0, 0.05) is 19.3 Å². The largest absolute Gasteiger partial charge is 0.462 e. The molecule has 0 radical (unpaired) electrons. The maximum atomic E-state index is 12.7. The average molecular weight is 968 g/mol. The molecule has 0 aromatic heterocycles. The Bertz CT molecular complexity index is 1200. The van der Waals surface area contributed by atoms with Crippen LogP contribution in [-0.2, 0) is 28.6 Å². The highest BCUT2D eigenvalue weighted by Crippen LogP contribution is 2.18. The summed E-state index contributed by atoms with van der Waals surface area (Å²) >= 11 is 0. The minimum atomic E-state index is -0.789. The normalized spacial score (nSPS) is 12.3. The number of hydrogen-bond donors (Lipinski definition) is 0. The van der Waals surface area contributed by atoms with Crippen LogP contribution in [0.25, 0.3) is 0 Å². The first-order chi connectivity index (χ1) is 34.0. The number of esters is 3. The van der Waals surface area contributed by atoms with Gasteiger partial charge in [-0.05, 0) is 57.8 Å². The summed E-state index contributed by atoms with van der Waals surface area (Å²) in [4.78, 5) is 37.7. The van der Waals surface area contributed by atoms with Gasteiger partial charge >= 0.3 is 17.9 Å². The lowest BCUT2D eigenvalue weighted by Crippen LogP contribution is -2.30. The summed E-state index contributed by atoms with van der Waals surface area (Å²) in [5.41, 5.74) is 0. The molecule has 1 unspecified atom stereocenters. The van der Waals surface area contributed by atoms with E-state index in [4.69, 9.17) is 14.2 Å². The van der Waals surface area contributed by atoms with Crippen LogP contribution in [0.5, 0.6) is 0 Å². The Morgan fingerprint density at radius 2 is 0.565 bits per heavy atom. The van der Waals surface area contributed by atoms with E-state index in [-0.39, 0.29) is 37.5 Å². The van der Waals surface area contributed by atoms with Crippen LogP contribution in [-0.4, -0.2) is 37.2 Å². The van der Waals surface area contributed by atoms with E-state index >= 15 is 0 Å². The molecule has 0 N–H and O–H groups in total. The fraction of sp³-hybridized carbons (Fsp3) is 0.825. The SMILES string of the molecule is CC/C=C\C/C=C\C/C=C\C/C=C\CCCCC(=O)OC(COC(=O)CCCCCCC)COC(=O)CCCCCCCCCCCCCCCCCCCCCCCCCCCCCCCCC. The summed E-state index contributed by atoms with van der Waals surface area (Å²) in [6.45, 7) is 6.44. The molecule has 0 saturated heterocycles. The van der Waals surface area contributed by atoms with Gasteiger partial charge in [-0.25, -0.2) is 0 Å². The number of unbranched alkanes of at least 4 members (excludes halogenated alkanes) is 36. The molecule has 0 bridgehead atoms. The molecule has 402 valence electrons. The fourth-order valence-electron chi connectivity index (χ4n) is 8.85. The third-order valence-corrected chi connectivity index (χ3v) is 13.3. The van der Waals surface area contributed by atoms with Crippen LogP contribution >= 0.6 is 0 Å². The van der Waals surface area contributed by atoms with Gasteiger partial charge in [-0.3, -0.25) is 14.4 Å². The van der Waals surface area contributed by atoms with Gasteiger partial charge in [-0.1, -0.05) is 288 Å². The van der Waals surface area contributed by atoms with E-state index in [0.717, 1.165) is 83.5 Å². The smallest absolute Gasteiger partial charge is 0.306 e. The second-order valence-corrected chi connectivity index (χ2v) is 20.2. The van der Waals surface area contributed by atoms with Gasteiger partial charge in [-0.2, -0.15) is 0 Å². The Labute approximate surface area is 428 Å². The number of carbonyl (C=O) groups excluding carboxylic acids is 3. The monoisotopic (exact) mass is 967 g/mol. The third kappa shape index (κ3) is 56.2. The molecule has 0 aromatic carbocycles. The average Bonchev–Trinajstić information content (AvgIpc) is 3.35. The zero-order valence-electron chi connectivity index (χ0n) is 46.1. The second kappa shape index (κ2) is 57.9. The summed E-state index contributed by atoms with van der Waals surface area (Å²) in [6.07, 6.45) is 71.9. The number of hydrogen-bond acceptors (Lipinski definition) is 6. The molecule has 0 amide bonds. The summed E-state index contributed by atoms with van der Waals surface area (Å²) in [5.74, 6) is -0.933. The van der Waals surface area contributed by atoms with Crippen LogP contribution in [0.4, 0.5) is 0 Å². The lowest BCUT2D eigenvalue weighted by Gasteiger charge is -2.18. The van der Waals surface area contributed by atoms with Crippen molar-refractivity contribution in [2.75, 3.05) is 13.2 Å². The zero-order chi connectivity index (χ0) is 50.0. The minimum absolute atomic E-state index is 0.0874. The van der Waals surface area contributed by atoms with Gasteiger partial charge in [0.2, 0.25) is 0 Å². The molecule has 0 aliphatic heterocycles. The first kappa shape index (κ1) is 66.4. The molecule has 1 atom stereocenters. The van der Waals surface area contributed by atoms with Crippen molar-refractivity contribution in [1.29, 1.82) is 0 Å². The van der Waals surface area contributed by atoms with Gasteiger partial charge in [0.1, 0.15) is 13.2 Å². The van der Waals surface area contributed by atoms with Crippen molar-refractivity contribution in [2.24, 2.45) is 0 Å². The molecule has 0 aliphatic rings. The highest BCUT2D eigenvalue weighted by Gasteiger charge is 2.19. The summed E-state index contributed by atoms with van der Waals surface area (Å²) < 4.78 is 16.7. The Hall–Kier alpha value is -2.63. The zero-order valence-corrected chi connectivity index (χ0v) is 46.1. The summed E-state index contributed by atoms with van der Waals surface area (Å²) in [6, 6.07) is 0. The molecule has 0 aliphatic carbocycles. The number of rotatable bonds is 55. The minimum Gasteiger partial charge on any atom is -0.462 e. The van der Waals surface area contributed by atoms with E-state index in [1.54, 1.807) is 0 Å². The molecule has 0 heterocycles. The van der Waals surface area contributed by atoms with E-state index in [2.05, 4.69) is 69.4 Å². The third-order valence-electron chi connectivity index (χ3n) is 13.3. The number of ether oxygens (including phenoxy) is 3. The van der Waals surface area contributed by atoms with Gasteiger partial charge in [0.15, 0.2) is 6.10 Å². The van der Waals surface area contributed by atoms with E-state index < -0.39 is 6.10 Å². The quantitative estimate of drug-likeness (QED) is 0.0262. The van der Waals surface area contributed by atoms with Crippen molar-refractivity contribution in [3.05, 3.63) is 48.6 Å². The Morgan fingerprint density at radius 1 is 0.304 bits per heavy atom. The summed E-state index contributed by atoms with van der Waals surface area (Å²) in [5, 5.41) is 0.